The summed E-state index contributed by atoms with van der Waals surface area (Å²) in [5.41, 5.74) is 0.730. The quantitative estimate of drug-likeness (QED) is 0.135. The summed E-state index contributed by atoms with van der Waals surface area (Å²) in [6.45, 7) is 10.1. The van der Waals surface area contributed by atoms with Crippen LogP contribution >= 0.6 is 0 Å². The predicted octanol–water partition coefficient (Wildman–Crippen LogP) is 1.70. The summed E-state index contributed by atoms with van der Waals surface area (Å²) in [5, 5.41) is 2.70. The molecule has 0 bridgehead atoms. The van der Waals surface area contributed by atoms with Crippen LogP contribution in [0.3, 0.4) is 0 Å². The highest BCUT2D eigenvalue weighted by Gasteiger charge is 1.98. The van der Waals surface area contributed by atoms with Crippen molar-refractivity contribution in [3.63, 3.8) is 0 Å². The van der Waals surface area contributed by atoms with E-state index in [1.54, 1.807) is 24.3 Å². The zero-order chi connectivity index (χ0) is 27.5. The summed E-state index contributed by atoms with van der Waals surface area (Å²) in [7, 11) is 0. The summed E-state index contributed by atoms with van der Waals surface area (Å²) in [5.74, 6) is 0.292. The lowest BCUT2D eigenvalue weighted by Crippen LogP contribution is -2.15. The van der Waals surface area contributed by atoms with E-state index in [1.165, 1.54) is 13.8 Å². The molecule has 0 spiro atoms. The highest BCUT2D eigenvalue weighted by molar-refractivity contribution is 5.88. The van der Waals surface area contributed by atoms with Crippen LogP contribution in [0.2, 0.25) is 0 Å². The molecule has 0 saturated heterocycles. The number of anilines is 1. The van der Waals surface area contributed by atoms with Gasteiger partial charge in [-0.2, -0.15) is 0 Å². The van der Waals surface area contributed by atoms with Crippen LogP contribution in [0.5, 0.6) is 5.75 Å². The van der Waals surface area contributed by atoms with Gasteiger partial charge in [0.2, 0.25) is 5.91 Å². The van der Waals surface area contributed by atoms with Gasteiger partial charge >= 0.3 is 5.97 Å². The molecule has 0 atom stereocenters. The molecule has 1 aromatic carbocycles. The van der Waals surface area contributed by atoms with Crippen molar-refractivity contribution in [3.05, 3.63) is 24.3 Å². The molecule has 0 aliphatic rings. The second-order valence-electron chi connectivity index (χ2n) is 7.68. The van der Waals surface area contributed by atoms with Gasteiger partial charge in [-0.05, 0) is 24.3 Å². The van der Waals surface area contributed by atoms with Crippen LogP contribution in [0.4, 0.5) is 5.69 Å². The number of esters is 1. The molecule has 0 heterocycles. The van der Waals surface area contributed by atoms with Gasteiger partial charge in [-0.15, -0.1) is 0 Å². The Hall–Kier alpha value is -2.32. The maximum atomic E-state index is 11.0. The van der Waals surface area contributed by atoms with E-state index in [-0.39, 0.29) is 18.5 Å². The van der Waals surface area contributed by atoms with Crippen LogP contribution in [0, 0.1) is 0 Å². The van der Waals surface area contributed by atoms with Crippen molar-refractivity contribution in [2.75, 3.05) is 111 Å². The van der Waals surface area contributed by atoms with Crippen molar-refractivity contribution in [2.45, 2.75) is 13.8 Å². The first-order valence-corrected chi connectivity index (χ1v) is 12.8. The minimum absolute atomic E-state index is 0.110. The van der Waals surface area contributed by atoms with Gasteiger partial charge in [0, 0.05) is 19.5 Å². The number of benzene rings is 1. The molecule has 1 amide bonds. The van der Waals surface area contributed by atoms with Gasteiger partial charge in [-0.1, -0.05) is 0 Å². The fourth-order valence-electron chi connectivity index (χ4n) is 2.72. The maximum absolute atomic E-state index is 11.0. The van der Waals surface area contributed by atoms with E-state index in [0.717, 1.165) is 5.69 Å². The van der Waals surface area contributed by atoms with Gasteiger partial charge in [0.25, 0.3) is 0 Å². The Morgan fingerprint density at radius 1 is 0.526 bits per heavy atom. The average molecular weight is 546 g/mol. The molecule has 1 rings (SSSR count). The fraction of sp³-hybridized carbons (Fsp3) is 0.692. The van der Waals surface area contributed by atoms with Crippen LogP contribution in [0.25, 0.3) is 0 Å². The van der Waals surface area contributed by atoms with Gasteiger partial charge in [0.1, 0.15) is 19.0 Å². The molecule has 1 N–H and O–H groups in total. The molecule has 218 valence electrons. The average Bonchev–Trinajstić information content (AvgIpc) is 2.89. The molecule has 1 aromatic rings. The van der Waals surface area contributed by atoms with Crippen LogP contribution in [-0.2, 0) is 47.5 Å². The van der Waals surface area contributed by atoms with Gasteiger partial charge in [0.15, 0.2) is 0 Å². The SMILES string of the molecule is CC(=O)Nc1ccc(OCCOCCOCCOCCOCCOCCOCCOCCOC(C)=O)cc1. The van der Waals surface area contributed by atoms with Crippen LogP contribution in [0.15, 0.2) is 24.3 Å². The minimum atomic E-state index is -0.313. The highest BCUT2D eigenvalue weighted by atomic mass is 16.6. The van der Waals surface area contributed by atoms with E-state index < -0.39 is 0 Å². The Morgan fingerprint density at radius 3 is 1.21 bits per heavy atom. The Morgan fingerprint density at radius 2 is 0.868 bits per heavy atom. The van der Waals surface area contributed by atoms with E-state index in [1.807, 2.05) is 0 Å². The van der Waals surface area contributed by atoms with Crippen molar-refractivity contribution in [2.24, 2.45) is 0 Å². The van der Waals surface area contributed by atoms with Gasteiger partial charge in [-0.3, -0.25) is 9.59 Å². The van der Waals surface area contributed by atoms with Crippen molar-refractivity contribution in [3.8, 4) is 5.75 Å². The van der Waals surface area contributed by atoms with E-state index in [2.05, 4.69) is 5.32 Å². The monoisotopic (exact) mass is 545 g/mol. The number of ether oxygens (including phenoxy) is 9. The van der Waals surface area contributed by atoms with Crippen LogP contribution in [-0.4, -0.2) is 118 Å². The first kappa shape index (κ1) is 33.7. The zero-order valence-corrected chi connectivity index (χ0v) is 22.6. The fourth-order valence-corrected chi connectivity index (χ4v) is 2.72. The molecular weight excluding hydrogens is 502 g/mol. The van der Waals surface area contributed by atoms with E-state index in [9.17, 15) is 9.59 Å². The third kappa shape index (κ3) is 22.8. The number of nitrogens with one attached hydrogen (secondary N) is 1. The Labute approximate surface area is 225 Å². The summed E-state index contributed by atoms with van der Waals surface area (Å²) in [4.78, 5) is 21.6. The number of rotatable bonds is 26. The Kier molecular flexibility index (Phi) is 22.2. The molecule has 0 fully saturated rings. The van der Waals surface area contributed by atoms with E-state index in [0.29, 0.717) is 105 Å². The predicted molar refractivity (Wildman–Crippen MR) is 139 cm³/mol. The van der Waals surface area contributed by atoms with Crippen LogP contribution < -0.4 is 10.1 Å². The first-order valence-electron chi connectivity index (χ1n) is 12.8. The lowest BCUT2D eigenvalue weighted by molar-refractivity contribution is -0.142. The summed E-state index contributed by atoms with van der Waals surface area (Å²) in [6.07, 6.45) is 0. The van der Waals surface area contributed by atoms with Gasteiger partial charge < -0.3 is 47.9 Å². The number of amides is 1. The summed E-state index contributed by atoms with van der Waals surface area (Å²) >= 11 is 0. The Bertz CT molecular complexity index is 703. The van der Waals surface area contributed by atoms with E-state index in [4.69, 9.17) is 42.6 Å². The third-order valence-corrected chi connectivity index (χ3v) is 4.44. The number of carbonyl (C=O) groups excluding carboxylic acids is 2. The van der Waals surface area contributed by atoms with Gasteiger partial charge in [0.05, 0.1) is 92.5 Å². The molecule has 0 saturated carbocycles. The van der Waals surface area contributed by atoms with Crippen molar-refractivity contribution in [1.82, 2.24) is 0 Å². The van der Waals surface area contributed by atoms with Crippen LogP contribution in [0.1, 0.15) is 13.8 Å². The first-order chi connectivity index (χ1) is 18.6. The standard InChI is InChI=1S/C26H43NO11/c1-23(28)27-25-3-5-26(6-4-25)38-22-20-36-18-16-34-14-12-32-10-8-30-7-9-31-11-13-33-15-17-35-19-21-37-24(2)29/h3-6H,7-22H2,1-2H3,(H,27,28). The molecule has 12 heteroatoms. The van der Waals surface area contributed by atoms with Crippen molar-refractivity contribution in [1.29, 1.82) is 0 Å². The zero-order valence-electron chi connectivity index (χ0n) is 22.6. The van der Waals surface area contributed by atoms with Crippen molar-refractivity contribution < 1.29 is 52.2 Å². The second kappa shape index (κ2) is 25.0. The number of hydrogen-bond donors (Lipinski definition) is 1. The number of hydrogen-bond acceptors (Lipinski definition) is 11. The third-order valence-electron chi connectivity index (χ3n) is 4.44. The smallest absolute Gasteiger partial charge is 0.302 e. The molecule has 0 unspecified atom stereocenters. The molecule has 38 heavy (non-hydrogen) atoms. The number of carbonyl (C=O) groups is 2. The second-order valence-corrected chi connectivity index (χ2v) is 7.68. The minimum Gasteiger partial charge on any atom is -0.491 e. The lowest BCUT2D eigenvalue weighted by atomic mass is 10.3. The largest absolute Gasteiger partial charge is 0.491 e. The summed E-state index contributed by atoms with van der Waals surface area (Å²) in [6, 6.07) is 7.16. The van der Waals surface area contributed by atoms with Gasteiger partial charge in [-0.25, -0.2) is 0 Å². The summed E-state index contributed by atoms with van der Waals surface area (Å²) < 4.78 is 48.1. The molecule has 0 aromatic heterocycles. The van der Waals surface area contributed by atoms with Crippen molar-refractivity contribution >= 4 is 17.6 Å². The molecular formula is C26H43NO11. The Balaban J connectivity index is 1.71. The topological polar surface area (TPSA) is 129 Å². The van der Waals surface area contributed by atoms with E-state index >= 15 is 0 Å². The molecule has 0 radical (unpaired) electrons. The highest BCUT2D eigenvalue weighted by Crippen LogP contribution is 2.15. The maximum Gasteiger partial charge on any atom is 0.302 e. The molecule has 12 nitrogen and oxygen atoms in total. The lowest BCUT2D eigenvalue weighted by Gasteiger charge is -2.09. The molecule has 0 aliphatic heterocycles. The normalized spacial score (nSPS) is 10.9. The molecule has 0 aliphatic carbocycles.